The zero-order chi connectivity index (χ0) is 12.5. The van der Waals surface area contributed by atoms with Crippen LogP contribution >= 0.6 is 12.2 Å². The van der Waals surface area contributed by atoms with Gasteiger partial charge in [0.15, 0.2) is 4.77 Å². The molecule has 1 atom stereocenters. The molecule has 1 saturated heterocycles. The van der Waals surface area contributed by atoms with Gasteiger partial charge in [-0.3, -0.25) is 4.57 Å². The van der Waals surface area contributed by atoms with Crippen molar-refractivity contribution in [3.8, 4) is 0 Å². The van der Waals surface area contributed by atoms with Crippen molar-refractivity contribution in [2.24, 2.45) is 0 Å². The smallest absolute Gasteiger partial charge is 0.225 e. The van der Waals surface area contributed by atoms with Gasteiger partial charge in [0.25, 0.3) is 0 Å². The normalized spacial score (nSPS) is 24.2. The number of nitrogens with zero attached hydrogens (tertiary/aromatic N) is 3. The molecular formula is C12H20N4OS. The Morgan fingerprint density at radius 3 is 2.94 bits per heavy atom. The molecule has 0 aromatic carbocycles. The summed E-state index contributed by atoms with van der Waals surface area (Å²) < 4.78 is 8.67. The minimum Gasteiger partial charge on any atom is -0.376 e. The molecule has 0 bridgehead atoms. The zero-order valence-corrected chi connectivity index (χ0v) is 11.6. The third-order valence-corrected chi connectivity index (χ3v) is 3.98. The average Bonchev–Trinajstić information content (AvgIpc) is 3.13. The van der Waals surface area contributed by atoms with Crippen molar-refractivity contribution in [3.05, 3.63) is 4.77 Å². The average molecular weight is 268 g/mol. The molecule has 2 aliphatic rings. The van der Waals surface area contributed by atoms with E-state index in [-0.39, 0.29) is 0 Å². The number of hydrogen-bond acceptors (Lipinski definition) is 4. The standard InChI is InChI=1S/C12H20N4OS/c1-15(8-10-4-2-3-7-17-10)11-13-14-12(18)16(11)9-5-6-9/h9-10H,2-8H2,1H3,(H,14,18). The second-order valence-corrected chi connectivity index (χ2v) is 5.69. The molecule has 2 fully saturated rings. The lowest BCUT2D eigenvalue weighted by molar-refractivity contribution is 0.0214. The van der Waals surface area contributed by atoms with Crippen molar-refractivity contribution >= 4 is 18.2 Å². The Morgan fingerprint density at radius 1 is 1.44 bits per heavy atom. The Balaban J connectivity index is 1.71. The molecule has 18 heavy (non-hydrogen) atoms. The minimum absolute atomic E-state index is 0.335. The van der Waals surface area contributed by atoms with E-state index in [0.717, 1.165) is 30.3 Å². The number of hydrogen-bond donors (Lipinski definition) is 1. The molecule has 3 rings (SSSR count). The highest BCUT2D eigenvalue weighted by atomic mass is 32.1. The summed E-state index contributed by atoms with van der Waals surface area (Å²) in [7, 11) is 2.07. The Bertz CT molecular complexity index is 459. The predicted octanol–water partition coefficient (Wildman–Crippen LogP) is 2.28. The van der Waals surface area contributed by atoms with E-state index in [0.29, 0.717) is 12.1 Å². The number of anilines is 1. The monoisotopic (exact) mass is 268 g/mol. The van der Waals surface area contributed by atoms with Crippen molar-refractivity contribution in [3.63, 3.8) is 0 Å². The Hall–Kier alpha value is -0.880. The van der Waals surface area contributed by atoms with Crippen LogP contribution in [0, 0.1) is 4.77 Å². The first-order valence-electron chi connectivity index (χ1n) is 6.75. The maximum Gasteiger partial charge on any atom is 0.225 e. The Morgan fingerprint density at radius 2 is 2.28 bits per heavy atom. The van der Waals surface area contributed by atoms with Crippen LogP contribution in [-0.2, 0) is 4.74 Å². The molecule has 0 spiro atoms. The van der Waals surface area contributed by atoms with Crippen LogP contribution in [0.5, 0.6) is 0 Å². The number of H-pyrrole nitrogens is 1. The van der Waals surface area contributed by atoms with Crippen LogP contribution in [0.25, 0.3) is 0 Å². The van der Waals surface area contributed by atoms with E-state index in [1.165, 1.54) is 25.7 Å². The summed E-state index contributed by atoms with van der Waals surface area (Å²) >= 11 is 5.30. The van der Waals surface area contributed by atoms with Crippen LogP contribution in [0.2, 0.25) is 0 Å². The number of aromatic nitrogens is 3. The second-order valence-electron chi connectivity index (χ2n) is 5.30. The summed E-state index contributed by atoms with van der Waals surface area (Å²) in [6.07, 6.45) is 6.39. The first-order valence-corrected chi connectivity index (χ1v) is 7.16. The second kappa shape index (κ2) is 5.01. The highest BCUT2D eigenvalue weighted by molar-refractivity contribution is 7.71. The summed E-state index contributed by atoms with van der Waals surface area (Å²) in [5.41, 5.74) is 0. The van der Waals surface area contributed by atoms with Gasteiger partial charge in [-0.25, -0.2) is 5.10 Å². The predicted molar refractivity (Wildman–Crippen MR) is 72.5 cm³/mol. The molecule has 1 aliphatic carbocycles. The molecule has 0 radical (unpaired) electrons. The van der Waals surface area contributed by atoms with Gasteiger partial charge in [0.2, 0.25) is 5.95 Å². The van der Waals surface area contributed by atoms with Crippen molar-refractivity contribution in [1.82, 2.24) is 14.8 Å². The Labute approximate surface area is 112 Å². The molecule has 0 amide bonds. The van der Waals surface area contributed by atoms with Gasteiger partial charge in [0.05, 0.1) is 6.10 Å². The van der Waals surface area contributed by atoms with Gasteiger partial charge in [0, 0.05) is 26.2 Å². The molecule has 1 aliphatic heterocycles. The van der Waals surface area contributed by atoms with Crippen LogP contribution in [0.3, 0.4) is 0 Å². The lowest BCUT2D eigenvalue weighted by Crippen LogP contribution is -2.34. The van der Waals surface area contributed by atoms with Crippen LogP contribution < -0.4 is 4.90 Å². The maximum absolute atomic E-state index is 5.78. The third kappa shape index (κ3) is 2.44. The molecule has 6 heteroatoms. The number of nitrogens with one attached hydrogen (secondary N) is 1. The molecule has 1 aromatic rings. The molecular weight excluding hydrogens is 248 g/mol. The quantitative estimate of drug-likeness (QED) is 0.851. The number of likely N-dealkylation sites (N-methyl/N-ethyl adjacent to an activating group) is 1. The number of aromatic amines is 1. The lowest BCUT2D eigenvalue weighted by atomic mass is 10.1. The summed E-state index contributed by atoms with van der Waals surface area (Å²) in [5, 5.41) is 7.27. The zero-order valence-electron chi connectivity index (χ0n) is 10.8. The van der Waals surface area contributed by atoms with E-state index in [9.17, 15) is 0 Å². The van der Waals surface area contributed by atoms with Gasteiger partial charge >= 0.3 is 0 Å². The van der Waals surface area contributed by atoms with Crippen molar-refractivity contribution in [2.45, 2.75) is 44.2 Å². The van der Waals surface area contributed by atoms with Gasteiger partial charge in [-0.2, -0.15) is 0 Å². The SMILES string of the molecule is CN(CC1CCCCO1)c1n[nH]c(=S)n1C1CC1. The first-order chi connectivity index (χ1) is 8.75. The van der Waals surface area contributed by atoms with Gasteiger partial charge in [-0.05, 0) is 44.3 Å². The summed E-state index contributed by atoms with van der Waals surface area (Å²) in [6.45, 7) is 1.79. The molecule has 1 N–H and O–H groups in total. The van der Waals surface area contributed by atoms with E-state index in [4.69, 9.17) is 17.0 Å². The van der Waals surface area contributed by atoms with E-state index in [2.05, 4.69) is 26.7 Å². The minimum atomic E-state index is 0.335. The number of ether oxygens (including phenoxy) is 1. The fourth-order valence-electron chi connectivity index (χ4n) is 2.57. The molecule has 2 heterocycles. The highest BCUT2D eigenvalue weighted by Gasteiger charge is 2.29. The van der Waals surface area contributed by atoms with E-state index < -0.39 is 0 Å². The van der Waals surface area contributed by atoms with Gasteiger partial charge in [-0.15, -0.1) is 5.10 Å². The van der Waals surface area contributed by atoms with Crippen LogP contribution in [0.15, 0.2) is 0 Å². The topological polar surface area (TPSA) is 46.1 Å². The Kier molecular flexibility index (Phi) is 3.39. The fourth-order valence-corrected chi connectivity index (χ4v) is 2.84. The van der Waals surface area contributed by atoms with Crippen molar-refractivity contribution in [1.29, 1.82) is 0 Å². The van der Waals surface area contributed by atoms with Crippen molar-refractivity contribution in [2.75, 3.05) is 25.1 Å². The molecule has 1 aromatic heterocycles. The molecule has 1 unspecified atom stereocenters. The molecule has 5 nitrogen and oxygen atoms in total. The van der Waals surface area contributed by atoms with Gasteiger partial charge in [-0.1, -0.05) is 0 Å². The van der Waals surface area contributed by atoms with Crippen molar-refractivity contribution < 1.29 is 4.74 Å². The van der Waals surface area contributed by atoms with Crippen LogP contribution in [-0.4, -0.2) is 41.1 Å². The fraction of sp³-hybridized carbons (Fsp3) is 0.833. The summed E-state index contributed by atoms with van der Waals surface area (Å²) in [4.78, 5) is 2.17. The van der Waals surface area contributed by atoms with Gasteiger partial charge < -0.3 is 9.64 Å². The van der Waals surface area contributed by atoms with E-state index >= 15 is 0 Å². The van der Waals surface area contributed by atoms with Crippen LogP contribution in [0.4, 0.5) is 5.95 Å². The third-order valence-electron chi connectivity index (χ3n) is 3.69. The number of rotatable bonds is 4. The van der Waals surface area contributed by atoms with E-state index in [1.807, 2.05) is 0 Å². The molecule has 100 valence electrons. The maximum atomic E-state index is 5.78. The molecule has 1 saturated carbocycles. The highest BCUT2D eigenvalue weighted by Crippen LogP contribution is 2.37. The summed E-state index contributed by atoms with van der Waals surface area (Å²) in [5.74, 6) is 0.955. The first kappa shape index (κ1) is 12.2. The summed E-state index contributed by atoms with van der Waals surface area (Å²) in [6, 6.07) is 0.556. The largest absolute Gasteiger partial charge is 0.376 e. The van der Waals surface area contributed by atoms with Gasteiger partial charge in [0.1, 0.15) is 0 Å². The van der Waals surface area contributed by atoms with E-state index in [1.54, 1.807) is 0 Å². The van der Waals surface area contributed by atoms with Crippen LogP contribution in [0.1, 0.15) is 38.1 Å². The lowest BCUT2D eigenvalue weighted by Gasteiger charge is -2.28.